The standard InChI is InChI=1S/C15H16F3N3O3/c1-21-6-5-19-13(21)14(23)20-8-11(22)9-24-12-4-2-3-10(7-12)15(16,17)18/h2-7,11,22H,8-9H2,1H3,(H,20,23)/t11-/m1/s1. The van der Waals surface area contributed by atoms with Gasteiger partial charge in [0.1, 0.15) is 18.5 Å². The fourth-order valence-corrected chi connectivity index (χ4v) is 1.89. The van der Waals surface area contributed by atoms with E-state index in [9.17, 15) is 23.1 Å². The number of aromatic nitrogens is 2. The molecule has 2 rings (SSSR count). The molecule has 0 aliphatic heterocycles. The van der Waals surface area contributed by atoms with Gasteiger partial charge in [-0.2, -0.15) is 13.2 Å². The first-order chi connectivity index (χ1) is 11.3. The van der Waals surface area contributed by atoms with E-state index < -0.39 is 23.8 Å². The Hall–Kier alpha value is -2.55. The molecule has 1 amide bonds. The van der Waals surface area contributed by atoms with Crippen LogP contribution >= 0.6 is 0 Å². The van der Waals surface area contributed by atoms with E-state index in [2.05, 4.69) is 10.3 Å². The van der Waals surface area contributed by atoms with Crippen LogP contribution in [-0.4, -0.2) is 39.8 Å². The number of halogens is 3. The van der Waals surface area contributed by atoms with E-state index in [-0.39, 0.29) is 24.7 Å². The minimum absolute atomic E-state index is 0.0145. The Kier molecular flexibility index (Phi) is 5.45. The van der Waals surface area contributed by atoms with Gasteiger partial charge in [0.15, 0.2) is 5.82 Å². The molecular weight excluding hydrogens is 327 g/mol. The zero-order valence-corrected chi connectivity index (χ0v) is 12.7. The van der Waals surface area contributed by atoms with Crippen LogP contribution in [0, 0.1) is 0 Å². The predicted molar refractivity (Wildman–Crippen MR) is 78.5 cm³/mol. The molecule has 24 heavy (non-hydrogen) atoms. The number of benzene rings is 1. The number of hydrogen-bond donors (Lipinski definition) is 2. The molecule has 0 aliphatic carbocycles. The molecule has 130 valence electrons. The lowest BCUT2D eigenvalue weighted by Crippen LogP contribution is -2.36. The molecule has 0 spiro atoms. The summed E-state index contributed by atoms with van der Waals surface area (Å²) in [4.78, 5) is 15.6. The third-order valence-corrected chi connectivity index (χ3v) is 3.13. The zero-order valence-electron chi connectivity index (χ0n) is 12.7. The number of carbonyl (C=O) groups excluding carboxylic acids is 1. The summed E-state index contributed by atoms with van der Waals surface area (Å²) in [5, 5.41) is 12.2. The van der Waals surface area contributed by atoms with Crippen molar-refractivity contribution in [2.24, 2.45) is 7.05 Å². The number of amides is 1. The van der Waals surface area contributed by atoms with Crippen LogP contribution in [0.4, 0.5) is 13.2 Å². The van der Waals surface area contributed by atoms with Gasteiger partial charge in [0.25, 0.3) is 5.91 Å². The molecule has 1 heterocycles. The van der Waals surface area contributed by atoms with Crippen LogP contribution in [0.15, 0.2) is 36.7 Å². The van der Waals surface area contributed by atoms with Gasteiger partial charge in [-0.05, 0) is 18.2 Å². The number of aliphatic hydroxyl groups excluding tert-OH is 1. The summed E-state index contributed by atoms with van der Waals surface area (Å²) in [5.74, 6) is -0.305. The molecule has 0 fully saturated rings. The number of aliphatic hydroxyl groups is 1. The smallest absolute Gasteiger partial charge is 0.416 e. The van der Waals surface area contributed by atoms with E-state index in [0.29, 0.717) is 0 Å². The molecule has 0 saturated heterocycles. The highest BCUT2D eigenvalue weighted by Crippen LogP contribution is 2.31. The number of alkyl halides is 3. The summed E-state index contributed by atoms with van der Waals surface area (Å²) in [5.41, 5.74) is -0.836. The van der Waals surface area contributed by atoms with E-state index in [1.54, 1.807) is 13.2 Å². The largest absolute Gasteiger partial charge is 0.491 e. The van der Waals surface area contributed by atoms with Crippen molar-refractivity contribution in [3.63, 3.8) is 0 Å². The lowest BCUT2D eigenvalue weighted by molar-refractivity contribution is -0.137. The lowest BCUT2D eigenvalue weighted by atomic mass is 10.2. The monoisotopic (exact) mass is 343 g/mol. The summed E-state index contributed by atoms with van der Waals surface area (Å²) in [6.07, 6.45) is -2.48. The van der Waals surface area contributed by atoms with Crippen molar-refractivity contribution in [2.45, 2.75) is 12.3 Å². The normalized spacial score (nSPS) is 12.7. The third kappa shape index (κ3) is 4.72. The number of ether oxygens (including phenoxy) is 1. The molecule has 0 saturated carbocycles. The highest BCUT2D eigenvalue weighted by atomic mass is 19.4. The van der Waals surface area contributed by atoms with Crippen LogP contribution < -0.4 is 10.1 Å². The second-order valence-electron chi connectivity index (χ2n) is 5.06. The maximum atomic E-state index is 12.6. The van der Waals surface area contributed by atoms with Crippen LogP contribution in [-0.2, 0) is 13.2 Å². The van der Waals surface area contributed by atoms with Gasteiger partial charge in [0.05, 0.1) is 5.56 Å². The van der Waals surface area contributed by atoms with Crippen molar-refractivity contribution >= 4 is 5.91 Å². The number of rotatable bonds is 6. The molecule has 1 aromatic carbocycles. The number of aryl methyl sites for hydroxylation is 1. The summed E-state index contributed by atoms with van der Waals surface area (Å²) in [6, 6.07) is 4.34. The Bertz CT molecular complexity index is 701. The van der Waals surface area contributed by atoms with E-state index in [4.69, 9.17) is 4.74 Å². The number of imidazole rings is 1. The average molecular weight is 343 g/mol. The first-order valence-electron chi connectivity index (χ1n) is 7.01. The Balaban J connectivity index is 1.82. The van der Waals surface area contributed by atoms with Crippen molar-refractivity contribution in [3.05, 3.63) is 48.0 Å². The zero-order chi connectivity index (χ0) is 17.7. The number of nitrogens with one attached hydrogen (secondary N) is 1. The molecule has 2 aromatic rings. The molecule has 0 unspecified atom stereocenters. The van der Waals surface area contributed by atoms with E-state index in [1.807, 2.05) is 0 Å². The van der Waals surface area contributed by atoms with Gasteiger partial charge >= 0.3 is 6.18 Å². The molecule has 9 heteroatoms. The van der Waals surface area contributed by atoms with Gasteiger partial charge in [-0.25, -0.2) is 4.98 Å². The molecule has 2 N–H and O–H groups in total. The topological polar surface area (TPSA) is 76.4 Å². The number of carbonyl (C=O) groups is 1. The highest BCUT2D eigenvalue weighted by Gasteiger charge is 2.30. The second-order valence-corrected chi connectivity index (χ2v) is 5.06. The molecule has 6 nitrogen and oxygen atoms in total. The molecule has 1 aromatic heterocycles. The number of nitrogens with zero attached hydrogens (tertiary/aromatic N) is 2. The predicted octanol–water partition coefficient (Wildman–Crippen LogP) is 1.61. The van der Waals surface area contributed by atoms with Crippen LogP contribution in [0.25, 0.3) is 0 Å². The average Bonchev–Trinajstić information content (AvgIpc) is 2.96. The van der Waals surface area contributed by atoms with Crippen LogP contribution in [0.1, 0.15) is 16.2 Å². The molecular formula is C15H16F3N3O3. The van der Waals surface area contributed by atoms with Gasteiger partial charge in [-0.15, -0.1) is 0 Å². The highest BCUT2D eigenvalue weighted by molar-refractivity contribution is 5.90. The third-order valence-electron chi connectivity index (χ3n) is 3.13. The van der Waals surface area contributed by atoms with E-state index >= 15 is 0 Å². The summed E-state index contributed by atoms with van der Waals surface area (Å²) >= 11 is 0. The number of hydrogen-bond acceptors (Lipinski definition) is 4. The SMILES string of the molecule is Cn1ccnc1C(=O)NC[C@@H](O)COc1cccc(C(F)(F)F)c1. The molecule has 1 atom stereocenters. The minimum Gasteiger partial charge on any atom is -0.491 e. The van der Waals surface area contributed by atoms with Crippen molar-refractivity contribution in [1.82, 2.24) is 14.9 Å². The summed E-state index contributed by atoms with van der Waals surface area (Å²) < 4.78 is 44.4. The van der Waals surface area contributed by atoms with Crippen molar-refractivity contribution in [3.8, 4) is 5.75 Å². The van der Waals surface area contributed by atoms with Gasteiger partial charge in [0, 0.05) is 26.0 Å². The van der Waals surface area contributed by atoms with Crippen LogP contribution in [0.3, 0.4) is 0 Å². The van der Waals surface area contributed by atoms with Crippen molar-refractivity contribution in [2.75, 3.05) is 13.2 Å². The first kappa shape index (κ1) is 17.8. The van der Waals surface area contributed by atoms with Crippen LogP contribution in [0.2, 0.25) is 0 Å². The molecule has 0 radical (unpaired) electrons. The van der Waals surface area contributed by atoms with Crippen molar-refractivity contribution in [1.29, 1.82) is 0 Å². The van der Waals surface area contributed by atoms with Gasteiger partial charge in [-0.3, -0.25) is 4.79 Å². The van der Waals surface area contributed by atoms with Gasteiger partial charge < -0.3 is 19.7 Å². The molecule has 0 aliphatic rings. The van der Waals surface area contributed by atoms with Gasteiger partial charge in [-0.1, -0.05) is 6.07 Å². The maximum absolute atomic E-state index is 12.6. The van der Waals surface area contributed by atoms with E-state index in [1.165, 1.54) is 22.9 Å². The molecule has 0 bridgehead atoms. The first-order valence-corrected chi connectivity index (χ1v) is 7.01. The Labute approximate surface area is 135 Å². The summed E-state index contributed by atoms with van der Waals surface area (Å²) in [6.45, 7) is -0.382. The van der Waals surface area contributed by atoms with E-state index in [0.717, 1.165) is 12.1 Å². The second kappa shape index (κ2) is 7.35. The summed E-state index contributed by atoms with van der Waals surface area (Å²) in [7, 11) is 1.65. The van der Waals surface area contributed by atoms with Gasteiger partial charge in [0.2, 0.25) is 0 Å². The Morgan fingerprint density at radius 1 is 1.46 bits per heavy atom. The quantitative estimate of drug-likeness (QED) is 0.835. The fraction of sp³-hybridized carbons (Fsp3) is 0.333. The van der Waals surface area contributed by atoms with Crippen LogP contribution in [0.5, 0.6) is 5.75 Å². The maximum Gasteiger partial charge on any atom is 0.416 e. The Morgan fingerprint density at radius 3 is 2.83 bits per heavy atom. The van der Waals surface area contributed by atoms with Crippen molar-refractivity contribution < 1.29 is 27.8 Å². The Morgan fingerprint density at radius 2 is 2.21 bits per heavy atom. The minimum atomic E-state index is -4.46. The lowest BCUT2D eigenvalue weighted by Gasteiger charge is -2.14. The fourth-order valence-electron chi connectivity index (χ4n) is 1.89.